The Morgan fingerprint density at radius 1 is 1.04 bits per heavy atom. The highest BCUT2D eigenvalue weighted by Gasteiger charge is 2.14. The lowest BCUT2D eigenvalue weighted by Crippen LogP contribution is -2.27. The Kier molecular flexibility index (Phi) is 6.07. The van der Waals surface area contributed by atoms with Crippen molar-refractivity contribution in [2.45, 2.75) is 25.4 Å². The van der Waals surface area contributed by atoms with Gasteiger partial charge in [0, 0.05) is 6.54 Å². The Balaban J connectivity index is 1.57. The van der Waals surface area contributed by atoms with Crippen LogP contribution in [0.3, 0.4) is 0 Å². The Labute approximate surface area is 157 Å². The number of thioether (sulfide) groups is 1. The molecule has 1 aromatic heterocycles. The maximum Gasteiger partial charge on any atom is 0.230 e. The second-order valence-corrected chi connectivity index (χ2v) is 6.97. The lowest BCUT2D eigenvalue weighted by molar-refractivity contribution is -0.118. The van der Waals surface area contributed by atoms with E-state index in [0.29, 0.717) is 12.3 Å². The highest BCUT2D eigenvalue weighted by Crippen LogP contribution is 2.23. The smallest absolute Gasteiger partial charge is 0.230 e. The summed E-state index contributed by atoms with van der Waals surface area (Å²) in [5.41, 5.74) is 3.40. The summed E-state index contributed by atoms with van der Waals surface area (Å²) in [6, 6.07) is 18.2. The van der Waals surface area contributed by atoms with E-state index < -0.39 is 0 Å². The van der Waals surface area contributed by atoms with E-state index in [-0.39, 0.29) is 5.91 Å². The van der Waals surface area contributed by atoms with Crippen LogP contribution >= 0.6 is 11.8 Å². The van der Waals surface area contributed by atoms with Crippen LogP contribution in [0.2, 0.25) is 0 Å². The molecule has 0 saturated carbocycles. The first-order chi connectivity index (χ1) is 12.6. The molecule has 0 aliphatic carbocycles. The zero-order chi connectivity index (χ0) is 18.4. The molecule has 0 bridgehead atoms. The molecule has 0 spiro atoms. The van der Waals surface area contributed by atoms with Crippen molar-refractivity contribution >= 4 is 17.7 Å². The zero-order valence-corrected chi connectivity index (χ0v) is 15.8. The number of amides is 1. The molecular formula is C20H22N4OS. The maximum atomic E-state index is 12.1. The van der Waals surface area contributed by atoms with Crippen LogP contribution in [0.15, 0.2) is 59.8 Å². The van der Waals surface area contributed by atoms with E-state index in [1.54, 1.807) is 0 Å². The van der Waals surface area contributed by atoms with E-state index in [0.717, 1.165) is 28.7 Å². The molecule has 26 heavy (non-hydrogen) atoms. The van der Waals surface area contributed by atoms with Gasteiger partial charge < -0.3 is 5.32 Å². The molecule has 0 atom stereocenters. The van der Waals surface area contributed by atoms with E-state index in [4.69, 9.17) is 0 Å². The molecule has 0 fully saturated rings. The number of hydrogen-bond donors (Lipinski definition) is 1. The van der Waals surface area contributed by atoms with Crippen molar-refractivity contribution < 1.29 is 4.79 Å². The number of nitrogens with one attached hydrogen (secondary N) is 1. The van der Waals surface area contributed by atoms with Gasteiger partial charge in [0.2, 0.25) is 5.91 Å². The molecule has 0 unspecified atom stereocenters. The monoisotopic (exact) mass is 366 g/mol. The number of carbonyl (C=O) groups is 1. The third-order valence-electron chi connectivity index (χ3n) is 4.06. The Bertz CT molecular complexity index is 877. The van der Waals surface area contributed by atoms with Gasteiger partial charge in [0.25, 0.3) is 0 Å². The van der Waals surface area contributed by atoms with Gasteiger partial charge in [0.15, 0.2) is 5.16 Å². The van der Waals surface area contributed by atoms with Gasteiger partial charge in [-0.15, -0.1) is 10.2 Å². The molecule has 0 aliphatic rings. The van der Waals surface area contributed by atoms with Crippen LogP contribution < -0.4 is 5.32 Å². The van der Waals surface area contributed by atoms with Crippen molar-refractivity contribution in [1.29, 1.82) is 0 Å². The molecule has 5 nitrogen and oxygen atoms in total. The van der Waals surface area contributed by atoms with E-state index in [1.807, 2.05) is 47.9 Å². The van der Waals surface area contributed by atoms with Crippen LogP contribution in [0.5, 0.6) is 0 Å². The normalized spacial score (nSPS) is 10.7. The fraction of sp³-hybridized carbons (Fsp3) is 0.250. The van der Waals surface area contributed by atoms with Crippen molar-refractivity contribution in [2.75, 3.05) is 12.3 Å². The van der Waals surface area contributed by atoms with Gasteiger partial charge in [-0.2, -0.15) is 0 Å². The highest BCUT2D eigenvalue weighted by molar-refractivity contribution is 7.99. The largest absolute Gasteiger partial charge is 0.355 e. The van der Waals surface area contributed by atoms with Gasteiger partial charge >= 0.3 is 0 Å². The molecule has 0 aliphatic heterocycles. The van der Waals surface area contributed by atoms with Crippen molar-refractivity contribution in [3.8, 4) is 5.69 Å². The zero-order valence-electron chi connectivity index (χ0n) is 15.0. The van der Waals surface area contributed by atoms with Crippen LogP contribution in [0, 0.1) is 13.8 Å². The first-order valence-corrected chi connectivity index (χ1v) is 9.55. The van der Waals surface area contributed by atoms with Crippen LogP contribution in [0.25, 0.3) is 5.69 Å². The minimum absolute atomic E-state index is 0.00270. The Morgan fingerprint density at radius 2 is 1.77 bits per heavy atom. The number of carbonyl (C=O) groups excluding carboxylic acids is 1. The number of aryl methyl sites for hydroxylation is 2. The van der Waals surface area contributed by atoms with Gasteiger partial charge in [-0.1, -0.05) is 60.3 Å². The Hall–Kier alpha value is -2.60. The summed E-state index contributed by atoms with van der Waals surface area (Å²) in [5, 5.41) is 12.1. The van der Waals surface area contributed by atoms with Gasteiger partial charge in [0.05, 0.1) is 11.4 Å². The first-order valence-electron chi connectivity index (χ1n) is 8.56. The summed E-state index contributed by atoms with van der Waals surface area (Å²) >= 11 is 1.40. The van der Waals surface area contributed by atoms with Gasteiger partial charge in [-0.05, 0) is 37.5 Å². The summed E-state index contributed by atoms with van der Waals surface area (Å²) < 4.78 is 2.00. The van der Waals surface area contributed by atoms with Crippen LogP contribution in [0.1, 0.15) is 17.0 Å². The molecule has 2 aromatic carbocycles. The molecular weight excluding hydrogens is 344 g/mol. The number of benzene rings is 2. The third kappa shape index (κ3) is 4.52. The molecule has 6 heteroatoms. The Morgan fingerprint density at radius 3 is 2.54 bits per heavy atom. The third-order valence-corrected chi connectivity index (χ3v) is 4.99. The molecule has 3 rings (SSSR count). The standard InChI is InChI=1S/C20H22N4OS/c1-15-8-6-7-11-18(15)24-16(2)22-23-20(24)26-14-19(25)21-13-12-17-9-4-3-5-10-17/h3-11H,12-14H2,1-2H3,(H,21,25). The summed E-state index contributed by atoms with van der Waals surface area (Å²) in [5.74, 6) is 1.13. The van der Waals surface area contributed by atoms with Crippen LogP contribution in [-0.2, 0) is 11.2 Å². The summed E-state index contributed by atoms with van der Waals surface area (Å²) in [7, 11) is 0. The quantitative estimate of drug-likeness (QED) is 0.652. The van der Waals surface area contributed by atoms with Crippen LogP contribution in [-0.4, -0.2) is 33.0 Å². The molecule has 134 valence electrons. The van der Waals surface area contributed by atoms with Crippen molar-refractivity contribution in [3.05, 3.63) is 71.5 Å². The fourth-order valence-electron chi connectivity index (χ4n) is 2.70. The summed E-state index contributed by atoms with van der Waals surface area (Å²) in [6.45, 7) is 4.61. The van der Waals surface area contributed by atoms with Crippen LogP contribution in [0.4, 0.5) is 0 Å². The maximum absolute atomic E-state index is 12.1. The average molecular weight is 366 g/mol. The summed E-state index contributed by atoms with van der Waals surface area (Å²) in [4.78, 5) is 12.1. The molecule has 1 heterocycles. The van der Waals surface area contributed by atoms with E-state index in [1.165, 1.54) is 17.3 Å². The second kappa shape index (κ2) is 8.67. The van der Waals surface area contributed by atoms with Crippen molar-refractivity contribution in [2.24, 2.45) is 0 Å². The molecule has 0 saturated heterocycles. The minimum atomic E-state index is 0.00270. The minimum Gasteiger partial charge on any atom is -0.355 e. The van der Waals surface area contributed by atoms with E-state index >= 15 is 0 Å². The molecule has 1 amide bonds. The number of nitrogens with zero attached hydrogens (tertiary/aromatic N) is 3. The second-order valence-electron chi connectivity index (χ2n) is 6.03. The van der Waals surface area contributed by atoms with Gasteiger partial charge in [-0.3, -0.25) is 9.36 Å². The number of aromatic nitrogens is 3. The SMILES string of the molecule is Cc1ccccc1-n1c(C)nnc1SCC(=O)NCCc1ccccc1. The highest BCUT2D eigenvalue weighted by atomic mass is 32.2. The first kappa shape index (κ1) is 18.2. The van der Waals surface area contributed by atoms with Gasteiger partial charge in [0.1, 0.15) is 5.82 Å². The molecule has 3 aromatic rings. The number of rotatable bonds is 7. The average Bonchev–Trinajstić information content (AvgIpc) is 3.02. The van der Waals surface area contributed by atoms with Crippen molar-refractivity contribution in [1.82, 2.24) is 20.1 Å². The van der Waals surface area contributed by atoms with E-state index in [2.05, 4.69) is 40.6 Å². The van der Waals surface area contributed by atoms with Crippen molar-refractivity contribution in [3.63, 3.8) is 0 Å². The molecule has 1 N–H and O–H groups in total. The predicted octanol–water partition coefficient (Wildman–Crippen LogP) is 3.34. The predicted molar refractivity (Wildman–Crippen MR) is 105 cm³/mol. The summed E-state index contributed by atoms with van der Waals surface area (Å²) in [6.07, 6.45) is 0.829. The topological polar surface area (TPSA) is 59.8 Å². The fourth-order valence-corrected chi connectivity index (χ4v) is 3.52. The number of para-hydroxylation sites is 1. The van der Waals surface area contributed by atoms with E-state index in [9.17, 15) is 4.79 Å². The van der Waals surface area contributed by atoms with Gasteiger partial charge in [-0.25, -0.2) is 0 Å². The number of hydrogen-bond acceptors (Lipinski definition) is 4. The molecule has 0 radical (unpaired) electrons. The lowest BCUT2D eigenvalue weighted by Gasteiger charge is -2.11. The lowest BCUT2D eigenvalue weighted by atomic mass is 10.1.